The Hall–Kier alpha value is -1.15. The van der Waals surface area contributed by atoms with Crippen molar-refractivity contribution in [3.05, 3.63) is 53.4 Å². The van der Waals surface area contributed by atoms with Crippen LogP contribution in [-0.2, 0) is 13.6 Å². The Morgan fingerprint density at radius 3 is 2.26 bits per heavy atom. The van der Waals surface area contributed by atoms with Crippen LogP contribution in [-0.4, -0.2) is 13.2 Å². The van der Waals surface area contributed by atoms with Crippen LogP contribution in [0.1, 0.15) is 52.0 Å². The molecule has 0 heterocycles. The standard InChI is InChI=1S/C19H29O3P/c1-4-7-9-14-19(16-15-18-12-10-8-11-13-18)17-23(20,21-5-2)22-6-3/h8,10-13,15-17H,4-7,9,14H2,1-3H3/b16-15+,19-17+. The van der Waals surface area contributed by atoms with E-state index in [0.717, 1.165) is 36.8 Å². The van der Waals surface area contributed by atoms with Crippen molar-refractivity contribution in [2.75, 3.05) is 13.2 Å². The number of hydrogen-bond acceptors (Lipinski definition) is 3. The molecule has 0 aliphatic carbocycles. The summed E-state index contributed by atoms with van der Waals surface area (Å²) in [6.07, 6.45) is 8.32. The second-order valence-corrected chi connectivity index (χ2v) is 7.13. The molecule has 0 saturated heterocycles. The van der Waals surface area contributed by atoms with Gasteiger partial charge in [-0.05, 0) is 37.8 Å². The fourth-order valence-electron chi connectivity index (χ4n) is 2.21. The molecule has 0 unspecified atom stereocenters. The van der Waals surface area contributed by atoms with E-state index in [1.165, 1.54) is 0 Å². The lowest BCUT2D eigenvalue weighted by Crippen LogP contribution is -1.94. The second-order valence-electron chi connectivity index (χ2n) is 5.28. The molecule has 4 heteroatoms. The molecule has 0 N–H and O–H groups in total. The van der Waals surface area contributed by atoms with Gasteiger partial charge in [-0.1, -0.05) is 62.2 Å². The molecule has 0 radical (unpaired) electrons. The normalized spacial score (nSPS) is 12.9. The summed E-state index contributed by atoms with van der Waals surface area (Å²) in [4.78, 5) is 0. The maximum Gasteiger partial charge on any atom is 0.354 e. The highest BCUT2D eigenvalue weighted by Gasteiger charge is 2.20. The van der Waals surface area contributed by atoms with Gasteiger partial charge in [0.05, 0.1) is 13.2 Å². The van der Waals surface area contributed by atoms with Gasteiger partial charge in [0.1, 0.15) is 0 Å². The molecular weight excluding hydrogens is 307 g/mol. The first-order chi connectivity index (χ1) is 11.1. The lowest BCUT2D eigenvalue weighted by Gasteiger charge is -2.14. The van der Waals surface area contributed by atoms with E-state index in [2.05, 4.69) is 6.92 Å². The average Bonchev–Trinajstić information content (AvgIpc) is 2.54. The van der Waals surface area contributed by atoms with Crippen LogP contribution in [0.4, 0.5) is 0 Å². The van der Waals surface area contributed by atoms with Crippen LogP contribution in [0.5, 0.6) is 0 Å². The van der Waals surface area contributed by atoms with E-state index in [1.54, 1.807) is 5.82 Å². The summed E-state index contributed by atoms with van der Waals surface area (Å²) in [5, 5.41) is 0. The third kappa shape index (κ3) is 8.31. The Morgan fingerprint density at radius 1 is 1.04 bits per heavy atom. The van der Waals surface area contributed by atoms with E-state index in [-0.39, 0.29) is 0 Å². The van der Waals surface area contributed by atoms with Crippen molar-refractivity contribution in [1.82, 2.24) is 0 Å². The Morgan fingerprint density at radius 2 is 1.70 bits per heavy atom. The molecule has 0 bridgehead atoms. The molecule has 1 rings (SSSR count). The number of hydrogen-bond donors (Lipinski definition) is 0. The van der Waals surface area contributed by atoms with Crippen molar-refractivity contribution in [2.45, 2.75) is 46.5 Å². The highest BCUT2D eigenvalue weighted by Crippen LogP contribution is 2.51. The maximum absolute atomic E-state index is 12.7. The average molecular weight is 336 g/mol. The van der Waals surface area contributed by atoms with Crippen LogP contribution in [0.15, 0.2) is 47.8 Å². The minimum atomic E-state index is -3.16. The number of rotatable bonds is 11. The van der Waals surface area contributed by atoms with E-state index in [4.69, 9.17) is 9.05 Å². The van der Waals surface area contributed by atoms with Gasteiger partial charge < -0.3 is 9.05 Å². The Labute approximate surface area is 140 Å². The fourth-order valence-corrected chi connectivity index (χ4v) is 3.78. The maximum atomic E-state index is 12.7. The molecular formula is C19H29O3P. The van der Waals surface area contributed by atoms with Crippen LogP contribution < -0.4 is 0 Å². The molecule has 0 fully saturated rings. The highest BCUT2D eigenvalue weighted by atomic mass is 31.2. The summed E-state index contributed by atoms with van der Waals surface area (Å²) in [5.74, 6) is 1.69. The molecule has 0 spiro atoms. The lowest BCUT2D eigenvalue weighted by molar-refractivity contribution is 0.228. The third-order valence-electron chi connectivity index (χ3n) is 3.30. The molecule has 1 aromatic rings. The zero-order valence-corrected chi connectivity index (χ0v) is 15.4. The summed E-state index contributed by atoms with van der Waals surface area (Å²) in [7, 11) is -3.16. The first-order valence-corrected chi connectivity index (χ1v) is 10.1. The lowest BCUT2D eigenvalue weighted by atomic mass is 10.1. The Bertz CT molecular complexity index is 525. The van der Waals surface area contributed by atoms with Gasteiger partial charge in [-0.3, -0.25) is 4.57 Å². The van der Waals surface area contributed by atoms with Gasteiger partial charge in [-0.2, -0.15) is 0 Å². The largest absolute Gasteiger partial charge is 0.354 e. The molecule has 1 aromatic carbocycles. The van der Waals surface area contributed by atoms with E-state index in [0.29, 0.717) is 13.2 Å². The number of unbranched alkanes of at least 4 members (excludes halogenated alkanes) is 2. The van der Waals surface area contributed by atoms with Crippen LogP contribution in [0.3, 0.4) is 0 Å². The van der Waals surface area contributed by atoms with Crippen molar-refractivity contribution >= 4 is 13.7 Å². The van der Waals surface area contributed by atoms with Gasteiger partial charge in [-0.15, -0.1) is 0 Å². The van der Waals surface area contributed by atoms with E-state index >= 15 is 0 Å². The zero-order valence-electron chi connectivity index (χ0n) is 14.5. The Balaban J connectivity index is 2.95. The van der Waals surface area contributed by atoms with Crippen molar-refractivity contribution in [2.24, 2.45) is 0 Å². The molecule has 23 heavy (non-hydrogen) atoms. The summed E-state index contributed by atoms with van der Waals surface area (Å²) >= 11 is 0. The van der Waals surface area contributed by atoms with Crippen molar-refractivity contribution in [1.29, 1.82) is 0 Å². The molecule has 0 amide bonds. The number of allylic oxidation sites excluding steroid dienone is 2. The molecule has 0 aliphatic heterocycles. The minimum absolute atomic E-state index is 0.373. The summed E-state index contributed by atoms with van der Waals surface area (Å²) in [5.41, 5.74) is 2.13. The van der Waals surface area contributed by atoms with E-state index in [1.807, 2.05) is 56.3 Å². The molecule has 0 aliphatic rings. The quantitative estimate of drug-likeness (QED) is 0.265. The summed E-state index contributed by atoms with van der Waals surface area (Å²) < 4.78 is 23.5. The minimum Gasteiger partial charge on any atom is -0.306 e. The molecule has 128 valence electrons. The first kappa shape index (κ1) is 19.9. The predicted molar refractivity (Wildman–Crippen MR) is 98.6 cm³/mol. The molecule has 3 nitrogen and oxygen atoms in total. The van der Waals surface area contributed by atoms with Gasteiger partial charge in [0, 0.05) is 5.82 Å². The van der Waals surface area contributed by atoms with E-state index < -0.39 is 7.60 Å². The van der Waals surface area contributed by atoms with Crippen LogP contribution >= 0.6 is 7.60 Å². The zero-order chi connectivity index (χ0) is 17.0. The topological polar surface area (TPSA) is 35.5 Å². The monoisotopic (exact) mass is 336 g/mol. The molecule has 0 saturated carbocycles. The van der Waals surface area contributed by atoms with Crippen LogP contribution in [0.25, 0.3) is 6.08 Å². The molecule has 0 aromatic heterocycles. The first-order valence-electron chi connectivity index (χ1n) is 8.47. The SMILES string of the molecule is CCCCCC(/C=C/c1ccccc1)=C\P(=O)(OCC)OCC. The second kappa shape index (κ2) is 11.4. The highest BCUT2D eigenvalue weighted by molar-refractivity contribution is 7.57. The van der Waals surface area contributed by atoms with Crippen molar-refractivity contribution in [3.63, 3.8) is 0 Å². The smallest absolute Gasteiger partial charge is 0.306 e. The summed E-state index contributed by atoms with van der Waals surface area (Å²) in [6, 6.07) is 10.1. The summed E-state index contributed by atoms with van der Waals surface area (Å²) in [6.45, 7) is 6.58. The van der Waals surface area contributed by atoms with E-state index in [9.17, 15) is 4.57 Å². The fraction of sp³-hybridized carbons (Fsp3) is 0.474. The van der Waals surface area contributed by atoms with Crippen LogP contribution in [0.2, 0.25) is 0 Å². The van der Waals surface area contributed by atoms with Crippen molar-refractivity contribution in [3.8, 4) is 0 Å². The van der Waals surface area contributed by atoms with Gasteiger partial charge in [-0.25, -0.2) is 0 Å². The number of benzene rings is 1. The van der Waals surface area contributed by atoms with Gasteiger partial charge >= 0.3 is 7.60 Å². The van der Waals surface area contributed by atoms with Crippen molar-refractivity contribution < 1.29 is 13.6 Å². The predicted octanol–water partition coefficient (Wildman–Crippen LogP) is 6.43. The Kier molecular flexibility index (Phi) is 9.86. The van der Waals surface area contributed by atoms with Crippen LogP contribution in [0, 0.1) is 0 Å². The van der Waals surface area contributed by atoms with Gasteiger partial charge in [0.2, 0.25) is 0 Å². The molecule has 0 atom stereocenters. The van der Waals surface area contributed by atoms with Gasteiger partial charge in [0.15, 0.2) is 0 Å². The third-order valence-corrected chi connectivity index (χ3v) is 5.18. The van der Waals surface area contributed by atoms with Gasteiger partial charge in [0.25, 0.3) is 0 Å².